The molecule has 0 aromatic heterocycles. The number of amides is 2. The molecule has 0 aliphatic rings. The molecule has 0 saturated carbocycles. The summed E-state index contributed by atoms with van der Waals surface area (Å²) in [7, 11) is 0. The highest BCUT2D eigenvalue weighted by Crippen LogP contribution is 2.13. The number of nitrogens with one attached hydrogen (secondary N) is 2. The minimum absolute atomic E-state index is 0.0322. The highest BCUT2D eigenvalue weighted by molar-refractivity contribution is 5.89. The van der Waals surface area contributed by atoms with Crippen LogP contribution in [0.25, 0.3) is 0 Å². The Hall–Kier alpha value is -3.50. The van der Waals surface area contributed by atoms with E-state index in [1.165, 1.54) is 24.3 Å². The number of nitrogens with two attached hydrogens (primary N) is 2. The van der Waals surface area contributed by atoms with Crippen LogP contribution in [0.2, 0.25) is 0 Å². The molecule has 0 aliphatic carbocycles. The summed E-state index contributed by atoms with van der Waals surface area (Å²) in [6.45, 7) is 4.16. The van der Waals surface area contributed by atoms with Gasteiger partial charge in [0, 0.05) is 18.7 Å². The van der Waals surface area contributed by atoms with Gasteiger partial charge in [0.05, 0.1) is 17.4 Å². The van der Waals surface area contributed by atoms with Crippen LogP contribution < -0.4 is 22.1 Å². The number of non-ortho nitro benzene ring substituents is 1. The molecule has 0 saturated heterocycles. The predicted molar refractivity (Wildman–Crippen MR) is 116 cm³/mol. The highest BCUT2D eigenvalue weighted by atomic mass is 16.6. The monoisotopic (exact) mass is 434 g/mol. The van der Waals surface area contributed by atoms with Gasteiger partial charge in [-0.1, -0.05) is 26.0 Å². The number of aliphatic imine (C=N–C) groups is 1. The molecule has 1 rings (SSSR count). The maximum absolute atomic E-state index is 12.7. The first kappa shape index (κ1) is 25.5. The van der Waals surface area contributed by atoms with E-state index in [9.17, 15) is 24.5 Å². The molecule has 0 fully saturated rings. The van der Waals surface area contributed by atoms with Crippen LogP contribution in [0.3, 0.4) is 0 Å². The van der Waals surface area contributed by atoms with Crippen molar-refractivity contribution >= 4 is 29.7 Å². The minimum atomic E-state index is -0.814. The van der Waals surface area contributed by atoms with E-state index < -0.39 is 28.8 Å². The smallest absolute Gasteiger partial charge is 0.269 e. The molecule has 170 valence electrons. The molecule has 11 nitrogen and oxygen atoms in total. The van der Waals surface area contributed by atoms with Gasteiger partial charge in [0.15, 0.2) is 5.96 Å². The van der Waals surface area contributed by atoms with Gasteiger partial charge in [0.1, 0.15) is 12.3 Å². The second kappa shape index (κ2) is 12.9. The van der Waals surface area contributed by atoms with Gasteiger partial charge >= 0.3 is 0 Å². The van der Waals surface area contributed by atoms with Crippen molar-refractivity contribution in [1.29, 1.82) is 0 Å². The Balaban J connectivity index is 2.69. The zero-order chi connectivity index (χ0) is 23.4. The van der Waals surface area contributed by atoms with Crippen molar-refractivity contribution in [3.63, 3.8) is 0 Å². The van der Waals surface area contributed by atoms with Crippen LogP contribution >= 0.6 is 0 Å². The molecule has 2 atom stereocenters. The first-order valence-corrected chi connectivity index (χ1v) is 9.96. The maximum atomic E-state index is 12.7. The lowest BCUT2D eigenvalue weighted by Gasteiger charge is -2.22. The molecular weight excluding hydrogens is 404 g/mol. The lowest BCUT2D eigenvalue weighted by atomic mass is 10.0. The number of carbonyl (C=O) groups excluding carboxylic acids is 3. The number of benzene rings is 1. The van der Waals surface area contributed by atoms with Crippen molar-refractivity contribution < 1.29 is 19.3 Å². The molecule has 2 amide bonds. The number of aldehydes is 1. The summed E-state index contributed by atoms with van der Waals surface area (Å²) in [5, 5.41) is 16.1. The molecule has 1 aromatic carbocycles. The van der Waals surface area contributed by atoms with Gasteiger partial charge in [-0.25, -0.2) is 0 Å². The van der Waals surface area contributed by atoms with Crippen LogP contribution in [-0.4, -0.2) is 47.6 Å². The zero-order valence-electron chi connectivity index (χ0n) is 17.7. The van der Waals surface area contributed by atoms with E-state index in [0.717, 1.165) is 0 Å². The molecule has 0 heterocycles. The summed E-state index contributed by atoms with van der Waals surface area (Å²) >= 11 is 0. The Morgan fingerprint density at radius 2 is 1.84 bits per heavy atom. The normalized spacial score (nSPS) is 12.5. The summed E-state index contributed by atoms with van der Waals surface area (Å²) in [5.74, 6) is -0.777. The number of nitro groups is 1. The van der Waals surface area contributed by atoms with E-state index in [2.05, 4.69) is 15.6 Å². The molecule has 0 spiro atoms. The van der Waals surface area contributed by atoms with Crippen molar-refractivity contribution in [1.82, 2.24) is 10.6 Å². The molecule has 11 heteroatoms. The summed E-state index contributed by atoms with van der Waals surface area (Å²) in [6.07, 6.45) is 1.85. The number of rotatable bonds is 13. The Bertz CT molecular complexity index is 790. The van der Waals surface area contributed by atoms with Gasteiger partial charge in [0.25, 0.3) is 5.69 Å². The second-order valence-corrected chi connectivity index (χ2v) is 7.55. The fourth-order valence-electron chi connectivity index (χ4n) is 2.85. The maximum Gasteiger partial charge on any atom is 0.269 e. The first-order chi connectivity index (χ1) is 14.6. The third-order valence-corrected chi connectivity index (χ3v) is 4.33. The number of guanidine groups is 1. The van der Waals surface area contributed by atoms with Gasteiger partial charge in [0.2, 0.25) is 11.8 Å². The van der Waals surface area contributed by atoms with E-state index in [1.54, 1.807) is 0 Å². The van der Waals surface area contributed by atoms with Crippen LogP contribution in [0.4, 0.5) is 5.69 Å². The van der Waals surface area contributed by atoms with Crippen molar-refractivity contribution in [2.24, 2.45) is 22.4 Å². The third-order valence-electron chi connectivity index (χ3n) is 4.33. The minimum Gasteiger partial charge on any atom is -0.370 e. The standard InChI is InChI=1S/C20H30N6O5/c1-13(2)10-17(19(29)24-15(12-27)4-3-9-23-20(21)22)25-18(28)11-14-5-7-16(8-6-14)26(30)31/h5-8,12-13,15,17H,3-4,9-11H2,1-2H3,(H,24,29)(H,25,28)(H4,21,22,23)/t15-,17-/m0/s1. The fourth-order valence-corrected chi connectivity index (χ4v) is 2.85. The molecule has 0 bridgehead atoms. The fraction of sp³-hybridized carbons (Fsp3) is 0.500. The van der Waals surface area contributed by atoms with Gasteiger partial charge in [-0.3, -0.25) is 24.7 Å². The second-order valence-electron chi connectivity index (χ2n) is 7.55. The highest BCUT2D eigenvalue weighted by Gasteiger charge is 2.24. The van der Waals surface area contributed by atoms with E-state index >= 15 is 0 Å². The lowest BCUT2D eigenvalue weighted by Crippen LogP contribution is -2.50. The number of nitrogens with zero attached hydrogens (tertiary/aromatic N) is 2. The molecular formula is C20H30N6O5. The number of nitro benzene ring substituents is 1. The Kier molecular flexibility index (Phi) is 10.7. The molecule has 0 aliphatic heterocycles. The average Bonchev–Trinajstić information content (AvgIpc) is 2.69. The van der Waals surface area contributed by atoms with Gasteiger partial charge in [-0.15, -0.1) is 0 Å². The first-order valence-electron chi connectivity index (χ1n) is 9.96. The topological polar surface area (TPSA) is 183 Å². The summed E-state index contributed by atoms with van der Waals surface area (Å²) in [4.78, 5) is 50.4. The third kappa shape index (κ3) is 10.2. The van der Waals surface area contributed by atoms with Gasteiger partial charge in [-0.2, -0.15) is 0 Å². The van der Waals surface area contributed by atoms with Crippen molar-refractivity contribution in [3.05, 3.63) is 39.9 Å². The largest absolute Gasteiger partial charge is 0.370 e. The Morgan fingerprint density at radius 1 is 1.19 bits per heavy atom. The Morgan fingerprint density at radius 3 is 2.35 bits per heavy atom. The molecule has 31 heavy (non-hydrogen) atoms. The zero-order valence-corrected chi connectivity index (χ0v) is 17.7. The SMILES string of the molecule is CC(C)C[C@H](NC(=O)Cc1ccc([N+](=O)[O-])cc1)C(=O)N[C@H](C=O)CCCN=C(N)N. The molecule has 0 unspecified atom stereocenters. The van der Waals surface area contributed by atoms with Crippen molar-refractivity contribution in [3.8, 4) is 0 Å². The summed E-state index contributed by atoms with van der Waals surface area (Å²) in [6, 6.07) is 4.09. The Labute approximate surface area is 180 Å². The summed E-state index contributed by atoms with van der Waals surface area (Å²) in [5.41, 5.74) is 11.0. The van der Waals surface area contributed by atoms with Crippen LogP contribution in [0.15, 0.2) is 29.3 Å². The summed E-state index contributed by atoms with van der Waals surface area (Å²) < 4.78 is 0. The van der Waals surface area contributed by atoms with Crippen molar-refractivity contribution in [2.45, 2.75) is 51.6 Å². The number of hydrogen-bond donors (Lipinski definition) is 4. The molecule has 0 radical (unpaired) electrons. The van der Waals surface area contributed by atoms with Gasteiger partial charge in [-0.05, 0) is 30.7 Å². The quantitative estimate of drug-likeness (QED) is 0.0865. The lowest BCUT2D eigenvalue weighted by molar-refractivity contribution is -0.384. The van der Waals surface area contributed by atoms with E-state index in [0.29, 0.717) is 37.7 Å². The van der Waals surface area contributed by atoms with Gasteiger partial charge < -0.3 is 26.9 Å². The average molecular weight is 434 g/mol. The molecule has 1 aromatic rings. The van der Waals surface area contributed by atoms with Crippen molar-refractivity contribution in [2.75, 3.05) is 6.54 Å². The van der Waals surface area contributed by atoms with E-state index in [-0.39, 0.29) is 24.0 Å². The number of hydrogen-bond acceptors (Lipinski definition) is 6. The van der Waals surface area contributed by atoms with Crippen LogP contribution in [0, 0.1) is 16.0 Å². The van der Waals surface area contributed by atoms with Crippen LogP contribution in [0.1, 0.15) is 38.7 Å². The number of carbonyl (C=O) groups is 3. The van der Waals surface area contributed by atoms with Crippen LogP contribution in [0.5, 0.6) is 0 Å². The van der Waals surface area contributed by atoms with E-state index in [1.807, 2.05) is 13.8 Å². The van der Waals surface area contributed by atoms with Crippen LogP contribution in [-0.2, 0) is 20.8 Å². The molecule has 6 N–H and O–H groups in total. The predicted octanol–water partition coefficient (Wildman–Crippen LogP) is 0.406. The van der Waals surface area contributed by atoms with E-state index in [4.69, 9.17) is 11.5 Å².